The predicted molar refractivity (Wildman–Crippen MR) is 111 cm³/mol. The van der Waals surface area contributed by atoms with Crippen molar-refractivity contribution in [2.24, 2.45) is 5.16 Å². The van der Waals surface area contributed by atoms with E-state index in [4.69, 9.17) is 10.6 Å². The van der Waals surface area contributed by atoms with Gasteiger partial charge in [0.2, 0.25) is 6.61 Å². The molecule has 164 valence electrons. The highest BCUT2D eigenvalue weighted by molar-refractivity contribution is 8.00. The number of amides is 2. The maximum absolute atomic E-state index is 12.8. The van der Waals surface area contributed by atoms with Gasteiger partial charge < -0.3 is 25.7 Å². The molecule has 12 nitrogen and oxygen atoms in total. The molecule has 3 rings (SSSR count). The van der Waals surface area contributed by atoms with E-state index in [0.29, 0.717) is 11.3 Å². The Morgan fingerprint density at radius 2 is 2.26 bits per heavy atom. The van der Waals surface area contributed by atoms with E-state index in [2.05, 4.69) is 26.8 Å². The van der Waals surface area contributed by atoms with Crippen LogP contribution in [-0.4, -0.2) is 75.3 Å². The van der Waals surface area contributed by atoms with Crippen molar-refractivity contribution in [3.05, 3.63) is 35.0 Å². The lowest BCUT2D eigenvalue weighted by molar-refractivity contribution is -0.150. The minimum absolute atomic E-state index is 0.0878. The first-order chi connectivity index (χ1) is 14.8. The molecule has 0 aliphatic carbocycles. The number of thioether (sulfide) groups is 1. The van der Waals surface area contributed by atoms with E-state index in [1.165, 1.54) is 23.2 Å². The summed E-state index contributed by atoms with van der Waals surface area (Å²) in [5.74, 6) is -3.04. The number of carboxylic acid groups (broad SMARTS) is 1. The van der Waals surface area contributed by atoms with Crippen molar-refractivity contribution in [3.63, 3.8) is 0 Å². The Hall–Kier alpha value is -3.39. The number of hydrogen-bond donors (Lipinski definition) is 3. The second-order valence-corrected chi connectivity index (χ2v) is 8.10. The van der Waals surface area contributed by atoms with E-state index < -0.39 is 41.8 Å². The summed E-state index contributed by atoms with van der Waals surface area (Å²) >= 11 is 2.35. The zero-order chi connectivity index (χ0) is 22.7. The molecule has 14 heteroatoms. The topological polar surface area (TPSA) is 174 Å². The van der Waals surface area contributed by atoms with Crippen LogP contribution in [0.5, 0.6) is 0 Å². The van der Waals surface area contributed by atoms with Gasteiger partial charge >= 0.3 is 11.9 Å². The number of ether oxygens (including phenoxy) is 1. The number of esters is 1. The van der Waals surface area contributed by atoms with Crippen LogP contribution >= 0.6 is 23.1 Å². The summed E-state index contributed by atoms with van der Waals surface area (Å²) in [6, 6.07) is -0.986. The van der Waals surface area contributed by atoms with E-state index in [1.807, 2.05) is 0 Å². The number of aliphatic carboxylic acids is 1. The lowest BCUT2D eigenvalue weighted by atomic mass is 10.0. The molecule has 31 heavy (non-hydrogen) atoms. The number of hydrogen-bond acceptors (Lipinski definition) is 11. The fourth-order valence-corrected chi connectivity index (χ4v) is 4.71. The van der Waals surface area contributed by atoms with Crippen LogP contribution in [0.1, 0.15) is 5.69 Å². The van der Waals surface area contributed by atoms with Crippen molar-refractivity contribution in [1.82, 2.24) is 15.2 Å². The molecule has 1 aromatic rings. The van der Waals surface area contributed by atoms with Crippen molar-refractivity contribution >= 4 is 57.7 Å². The number of oxime groups is 1. The Labute approximate surface area is 183 Å². The number of thiazole rings is 1. The van der Waals surface area contributed by atoms with E-state index >= 15 is 0 Å². The van der Waals surface area contributed by atoms with Gasteiger partial charge in [0.05, 0.1) is 7.11 Å². The molecule has 1 fully saturated rings. The standard InChI is InChI=1S/C17H17N5O7S2/c1-3-7-5-30-15-11(14(25)22(15)12(7)16(26)27)20-13(24)10(8-6-31-17(18)19-8)21-29-4-9(23)28-2/h3,6,11,15H,1,4-5H2,2H3,(H2,18,19)(H,20,24)(H,26,27)/t11?,15-/m1/s1. The van der Waals surface area contributed by atoms with Crippen LogP contribution in [0.4, 0.5) is 5.13 Å². The molecule has 0 bridgehead atoms. The average Bonchev–Trinajstić information content (AvgIpc) is 3.18. The third-order valence-electron chi connectivity index (χ3n) is 4.28. The number of rotatable bonds is 8. The van der Waals surface area contributed by atoms with Crippen molar-refractivity contribution < 1.29 is 33.9 Å². The zero-order valence-corrected chi connectivity index (χ0v) is 17.7. The van der Waals surface area contributed by atoms with Gasteiger partial charge in [-0.1, -0.05) is 17.8 Å². The first-order valence-electron chi connectivity index (χ1n) is 8.61. The van der Waals surface area contributed by atoms with Crippen molar-refractivity contribution in [2.45, 2.75) is 11.4 Å². The van der Waals surface area contributed by atoms with Crippen molar-refractivity contribution in [2.75, 3.05) is 25.2 Å². The highest BCUT2D eigenvalue weighted by atomic mass is 32.2. The second kappa shape index (κ2) is 9.18. The highest BCUT2D eigenvalue weighted by Crippen LogP contribution is 2.40. The van der Waals surface area contributed by atoms with Crippen LogP contribution in [-0.2, 0) is 28.8 Å². The molecule has 0 saturated carbocycles. The SMILES string of the molecule is C=CC1=C(C(=O)O)N2C(=O)C(NC(=O)C(=NOCC(=O)OC)c3csc(N)n3)[C@H]2SC1. The predicted octanol–water partition coefficient (Wildman–Crippen LogP) is -0.456. The Bertz CT molecular complexity index is 1020. The second-order valence-electron chi connectivity index (χ2n) is 6.10. The quantitative estimate of drug-likeness (QED) is 0.196. The number of carbonyl (C=O) groups is 4. The largest absolute Gasteiger partial charge is 0.477 e. The van der Waals surface area contributed by atoms with Gasteiger partial charge in [-0.15, -0.1) is 23.1 Å². The lowest BCUT2D eigenvalue weighted by Gasteiger charge is -2.49. The van der Waals surface area contributed by atoms with Gasteiger partial charge in [-0.25, -0.2) is 14.6 Å². The van der Waals surface area contributed by atoms with Crippen LogP contribution < -0.4 is 11.1 Å². The average molecular weight is 467 g/mol. The number of carbonyl (C=O) groups excluding carboxylic acids is 3. The fourth-order valence-electron chi connectivity index (χ4n) is 2.82. The molecule has 1 saturated heterocycles. The molecule has 3 heterocycles. The minimum Gasteiger partial charge on any atom is -0.477 e. The third-order valence-corrected chi connectivity index (χ3v) is 6.25. The van der Waals surface area contributed by atoms with Gasteiger partial charge in [-0.05, 0) is 5.57 Å². The molecule has 2 atom stereocenters. The van der Waals surface area contributed by atoms with Gasteiger partial charge in [0.25, 0.3) is 11.8 Å². The van der Waals surface area contributed by atoms with E-state index in [-0.39, 0.29) is 22.2 Å². The smallest absolute Gasteiger partial charge is 0.352 e. The summed E-state index contributed by atoms with van der Waals surface area (Å²) in [6.45, 7) is 3.03. The van der Waals surface area contributed by atoms with E-state index in [9.17, 15) is 24.3 Å². The summed E-state index contributed by atoms with van der Waals surface area (Å²) < 4.78 is 4.43. The minimum atomic E-state index is -1.25. The Balaban J connectivity index is 1.78. The summed E-state index contributed by atoms with van der Waals surface area (Å²) in [5, 5.41) is 16.7. The van der Waals surface area contributed by atoms with Crippen LogP contribution in [0.25, 0.3) is 0 Å². The Morgan fingerprint density at radius 1 is 1.52 bits per heavy atom. The summed E-state index contributed by atoms with van der Waals surface area (Å²) in [7, 11) is 1.16. The summed E-state index contributed by atoms with van der Waals surface area (Å²) in [4.78, 5) is 58.2. The molecular formula is C17H17N5O7S2. The molecule has 0 spiro atoms. The number of carboxylic acids is 1. The van der Waals surface area contributed by atoms with Crippen LogP contribution in [0.2, 0.25) is 0 Å². The van der Waals surface area contributed by atoms with Crippen LogP contribution in [0.15, 0.2) is 34.5 Å². The molecular weight excluding hydrogens is 450 g/mol. The lowest BCUT2D eigenvalue weighted by Crippen LogP contribution is -2.71. The number of fused-ring (bicyclic) bond motifs is 1. The summed E-state index contributed by atoms with van der Waals surface area (Å²) in [6.07, 6.45) is 1.39. The number of aromatic nitrogens is 1. The number of nitrogens with one attached hydrogen (secondary N) is 1. The molecule has 0 aromatic carbocycles. The molecule has 4 N–H and O–H groups in total. The fraction of sp³-hybridized carbons (Fsp3) is 0.294. The van der Waals surface area contributed by atoms with Gasteiger partial charge in [0.1, 0.15) is 22.8 Å². The first kappa shape index (κ1) is 22.3. The Kier molecular flexibility index (Phi) is 6.60. The number of nitrogen functional groups attached to an aromatic ring is 1. The van der Waals surface area contributed by atoms with Crippen molar-refractivity contribution in [1.29, 1.82) is 0 Å². The zero-order valence-electron chi connectivity index (χ0n) is 16.1. The van der Waals surface area contributed by atoms with Gasteiger partial charge in [-0.3, -0.25) is 14.5 Å². The number of nitrogens with two attached hydrogens (primary N) is 1. The molecule has 1 aromatic heterocycles. The number of allylic oxidation sites excluding steroid dienone is 1. The molecule has 1 unspecified atom stereocenters. The number of nitrogens with zero attached hydrogens (tertiary/aromatic N) is 3. The van der Waals surface area contributed by atoms with Gasteiger partial charge in [0.15, 0.2) is 10.8 Å². The normalized spacial score (nSPS) is 20.5. The maximum atomic E-state index is 12.8. The number of β-lactam (4-membered cyclic amide) rings is 1. The van der Waals surface area contributed by atoms with Crippen molar-refractivity contribution in [3.8, 4) is 0 Å². The number of methoxy groups -OCH3 is 1. The monoisotopic (exact) mass is 467 g/mol. The van der Waals surface area contributed by atoms with Gasteiger partial charge in [-0.2, -0.15) is 0 Å². The maximum Gasteiger partial charge on any atom is 0.352 e. The highest BCUT2D eigenvalue weighted by Gasteiger charge is 2.54. The molecule has 0 radical (unpaired) electrons. The van der Waals surface area contributed by atoms with Crippen LogP contribution in [0, 0.1) is 0 Å². The summed E-state index contributed by atoms with van der Waals surface area (Å²) in [5.41, 5.74) is 5.66. The number of anilines is 1. The van der Waals surface area contributed by atoms with E-state index in [1.54, 1.807) is 0 Å². The van der Waals surface area contributed by atoms with E-state index in [0.717, 1.165) is 23.3 Å². The third kappa shape index (κ3) is 4.39. The van der Waals surface area contributed by atoms with Crippen LogP contribution in [0.3, 0.4) is 0 Å². The molecule has 2 aliphatic heterocycles. The first-order valence-corrected chi connectivity index (χ1v) is 10.5. The molecule has 2 amide bonds. The van der Waals surface area contributed by atoms with Gasteiger partial charge in [0, 0.05) is 11.1 Å². The molecule has 2 aliphatic rings. The Morgan fingerprint density at radius 3 is 2.84 bits per heavy atom.